The first-order valence-electron chi connectivity index (χ1n) is 5.60. The highest BCUT2D eigenvalue weighted by molar-refractivity contribution is 6.31. The maximum absolute atomic E-state index is 10.1. The van der Waals surface area contributed by atoms with Gasteiger partial charge in [-0.2, -0.15) is 0 Å². The lowest BCUT2D eigenvalue weighted by Gasteiger charge is -2.12. The topological polar surface area (TPSA) is 33.1 Å². The lowest BCUT2D eigenvalue weighted by Crippen LogP contribution is -2.01. The molecule has 1 atom stereocenters. The zero-order valence-corrected chi connectivity index (χ0v) is 10.1. The number of rotatable bonds is 4. The second-order valence-corrected chi connectivity index (χ2v) is 4.30. The lowest BCUT2D eigenvalue weighted by atomic mass is 10.0. The minimum atomic E-state index is -0.536. The molecule has 2 rings (SSSR count). The summed E-state index contributed by atoms with van der Waals surface area (Å²) >= 11 is 6.03. The first-order chi connectivity index (χ1) is 8.27. The van der Waals surface area contributed by atoms with E-state index in [0.717, 1.165) is 17.7 Å². The van der Waals surface area contributed by atoms with Crippen molar-refractivity contribution >= 4 is 11.6 Å². The molecule has 0 spiro atoms. The summed E-state index contributed by atoms with van der Waals surface area (Å²) in [6, 6.07) is 13.2. The van der Waals surface area contributed by atoms with Gasteiger partial charge >= 0.3 is 0 Å². The SMILES string of the molecule is OC(CCc1ccccn1)c1ccccc1Cl. The second kappa shape index (κ2) is 5.80. The second-order valence-electron chi connectivity index (χ2n) is 3.90. The highest BCUT2D eigenvalue weighted by Gasteiger charge is 2.10. The Hall–Kier alpha value is -1.38. The van der Waals surface area contributed by atoms with Crippen LogP contribution in [0, 0.1) is 0 Å². The number of benzene rings is 1. The molecule has 0 saturated heterocycles. The highest BCUT2D eigenvalue weighted by atomic mass is 35.5. The van der Waals surface area contributed by atoms with Crippen LogP contribution in [0.5, 0.6) is 0 Å². The Kier molecular flexibility index (Phi) is 4.13. The minimum absolute atomic E-state index is 0.536. The Morgan fingerprint density at radius 2 is 1.88 bits per heavy atom. The van der Waals surface area contributed by atoms with Crippen molar-refractivity contribution in [3.05, 3.63) is 64.9 Å². The average Bonchev–Trinajstić information content (AvgIpc) is 2.38. The number of halogens is 1. The maximum atomic E-state index is 10.1. The summed E-state index contributed by atoms with van der Waals surface area (Å²) in [5.41, 5.74) is 1.77. The fraction of sp³-hybridized carbons (Fsp3) is 0.214. The van der Waals surface area contributed by atoms with E-state index in [-0.39, 0.29) is 0 Å². The Morgan fingerprint density at radius 3 is 2.59 bits per heavy atom. The summed E-state index contributed by atoms with van der Waals surface area (Å²) in [7, 11) is 0. The summed E-state index contributed by atoms with van der Waals surface area (Å²) in [6.07, 6.45) is 2.59. The molecule has 3 heteroatoms. The molecule has 2 nitrogen and oxygen atoms in total. The van der Waals surface area contributed by atoms with Crippen LogP contribution in [0.2, 0.25) is 5.02 Å². The van der Waals surface area contributed by atoms with Crippen molar-refractivity contribution in [2.24, 2.45) is 0 Å². The van der Waals surface area contributed by atoms with Gasteiger partial charge in [-0.15, -0.1) is 0 Å². The van der Waals surface area contributed by atoms with Gasteiger partial charge in [-0.05, 0) is 36.6 Å². The fourth-order valence-corrected chi connectivity index (χ4v) is 1.99. The van der Waals surface area contributed by atoms with Crippen LogP contribution in [0.1, 0.15) is 23.8 Å². The van der Waals surface area contributed by atoms with Crippen molar-refractivity contribution in [1.29, 1.82) is 0 Å². The van der Waals surface area contributed by atoms with Crippen LogP contribution in [-0.4, -0.2) is 10.1 Å². The number of hydrogen-bond donors (Lipinski definition) is 1. The van der Waals surface area contributed by atoms with Crippen molar-refractivity contribution < 1.29 is 5.11 Å². The van der Waals surface area contributed by atoms with E-state index in [0.29, 0.717) is 11.4 Å². The molecule has 2 aromatic rings. The molecule has 0 amide bonds. The molecule has 0 aliphatic heterocycles. The molecule has 0 radical (unpaired) electrons. The van der Waals surface area contributed by atoms with Gasteiger partial charge in [0.05, 0.1) is 6.10 Å². The smallest absolute Gasteiger partial charge is 0.0808 e. The van der Waals surface area contributed by atoms with E-state index >= 15 is 0 Å². The van der Waals surface area contributed by atoms with Gasteiger partial charge in [0.15, 0.2) is 0 Å². The molecule has 88 valence electrons. The number of aliphatic hydroxyl groups excluding tert-OH is 1. The van der Waals surface area contributed by atoms with Crippen molar-refractivity contribution in [2.45, 2.75) is 18.9 Å². The van der Waals surface area contributed by atoms with Crippen molar-refractivity contribution in [2.75, 3.05) is 0 Å². The zero-order valence-electron chi connectivity index (χ0n) is 9.38. The molecule has 1 aromatic carbocycles. The minimum Gasteiger partial charge on any atom is -0.388 e. The van der Waals surface area contributed by atoms with Gasteiger partial charge in [-0.1, -0.05) is 35.9 Å². The van der Waals surface area contributed by atoms with E-state index in [1.165, 1.54) is 0 Å². The lowest BCUT2D eigenvalue weighted by molar-refractivity contribution is 0.167. The van der Waals surface area contributed by atoms with Gasteiger partial charge in [0.25, 0.3) is 0 Å². The van der Waals surface area contributed by atoms with Crippen LogP contribution < -0.4 is 0 Å². The maximum Gasteiger partial charge on any atom is 0.0808 e. The van der Waals surface area contributed by atoms with Gasteiger partial charge in [0.1, 0.15) is 0 Å². The van der Waals surface area contributed by atoms with Gasteiger partial charge in [0, 0.05) is 16.9 Å². The largest absolute Gasteiger partial charge is 0.388 e. The predicted octanol–water partition coefficient (Wildman–Crippen LogP) is 3.40. The van der Waals surface area contributed by atoms with E-state index in [1.54, 1.807) is 12.3 Å². The Bertz CT molecular complexity index is 473. The summed E-state index contributed by atoms with van der Waals surface area (Å²) < 4.78 is 0. The van der Waals surface area contributed by atoms with E-state index in [1.807, 2.05) is 36.4 Å². The standard InChI is InChI=1S/C14H14ClNO/c15-13-7-2-1-6-12(13)14(17)9-8-11-5-3-4-10-16-11/h1-7,10,14,17H,8-9H2. The number of aliphatic hydroxyl groups is 1. The van der Waals surface area contributed by atoms with Crippen LogP contribution in [0.3, 0.4) is 0 Å². The third kappa shape index (κ3) is 3.29. The van der Waals surface area contributed by atoms with Crippen molar-refractivity contribution in [1.82, 2.24) is 4.98 Å². The van der Waals surface area contributed by atoms with Gasteiger partial charge in [-0.3, -0.25) is 4.98 Å². The third-order valence-corrected chi connectivity index (χ3v) is 3.01. The molecule has 0 fully saturated rings. The molecule has 0 aliphatic rings. The van der Waals surface area contributed by atoms with E-state index in [9.17, 15) is 5.11 Å². The fourth-order valence-electron chi connectivity index (χ4n) is 1.73. The Labute approximate surface area is 106 Å². The molecule has 0 bridgehead atoms. The average molecular weight is 248 g/mol. The third-order valence-electron chi connectivity index (χ3n) is 2.66. The van der Waals surface area contributed by atoms with Crippen LogP contribution in [0.25, 0.3) is 0 Å². The molecule has 1 aromatic heterocycles. The molecular weight excluding hydrogens is 234 g/mol. The van der Waals surface area contributed by atoms with E-state index in [2.05, 4.69) is 4.98 Å². The first kappa shape index (κ1) is 12.1. The number of nitrogens with zero attached hydrogens (tertiary/aromatic N) is 1. The van der Waals surface area contributed by atoms with Gasteiger partial charge in [0.2, 0.25) is 0 Å². The van der Waals surface area contributed by atoms with Gasteiger partial charge in [-0.25, -0.2) is 0 Å². The molecule has 0 aliphatic carbocycles. The number of hydrogen-bond acceptors (Lipinski definition) is 2. The number of aromatic nitrogens is 1. The monoisotopic (exact) mass is 247 g/mol. The van der Waals surface area contributed by atoms with E-state index < -0.39 is 6.10 Å². The van der Waals surface area contributed by atoms with Crippen LogP contribution >= 0.6 is 11.6 Å². The Morgan fingerprint density at radius 1 is 1.12 bits per heavy atom. The molecule has 0 saturated carbocycles. The molecular formula is C14H14ClNO. The number of pyridine rings is 1. The van der Waals surface area contributed by atoms with E-state index in [4.69, 9.17) is 11.6 Å². The zero-order chi connectivity index (χ0) is 12.1. The normalized spacial score (nSPS) is 12.4. The molecule has 1 heterocycles. The van der Waals surface area contributed by atoms with Crippen LogP contribution in [-0.2, 0) is 6.42 Å². The summed E-state index contributed by atoms with van der Waals surface area (Å²) in [5, 5.41) is 10.7. The molecule has 17 heavy (non-hydrogen) atoms. The predicted molar refractivity (Wildman–Crippen MR) is 69.0 cm³/mol. The summed E-state index contributed by atoms with van der Waals surface area (Å²) in [5.74, 6) is 0. The quantitative estimate of drug-likeness (QED) is 0.898. The van der Waals surface area contributed by atoms with Crippen LogP contribution in [0.4, 0.5) is 0 Å². The van der Waals surface area contributed by atoms with Crippen LogP contribution in [0.15, 0.2) is 48.7 Å². The van der Waals surface area contributed by atoms with Crippen molar-refractivity contribution in [3.63, 3.8) is 0 Å². The number of aryl methyl sites for hydroxylation is 1. The van der Waals surface area contributed by atoms with Crippen molar-refractivity contribution in [3.8, 4) is 0 Å². The summed E-state index contributed by atoms with van der Waals surface area (Å²) in [4.78, 5) is 4.22. The van der Waals surface area contributed by atoms with Gasteiger partial charge < -0.3 is 5.11 Å². The molecule has 1 N–H and O–H groups in total. The first-order valence-corrected chi connectivity index (χ1v) is 5.97. The molecule has 1 unspecified atom stereocenters. The highest BCUT2D eigenvalue weighted by Crippen LogP contribution is 2.25. The Balaban J connectivity index is 1.99. The summed E-state index contributed by atoms with van der Waals surface area (Å²) in [6.45, 7) is 0.